The van der Waals surface area contributed by atoms with E-state index in [9.17, 15) is 0 Å². The third-order valence-corrected chi connectivity index (χ3v) is 1.47. The molecular weight excluding hydrogens is 104 g/mol. The van der Waals surface area contributed by atoms with Crippen LogP contribution in [0.15, 0.2) is 15.7 Å². The maximum atomic E-state index is 5.24. The Labute approximate surface area is 36.5 Å². The van der Waals surface area contributed by atoms with Crippen molar-refractivity contribution in [1.29, 1.82) is 0 Å². The van der Waals surface area contributed by atoms with Gasteiger partial charge in [0.25, 0.3) is 0 Å². The van der Waals surface area contributed by atoms with Gasteiger partial charge in [0.15, 0.2) is 0 Å². The zero-order valence-electron chi connectivity index (χ0n) is 2.35. The van der Waals surface area contributed by atoms with Crippen molar-refractivity contribution < 1.29 is 0 Å². The molecule has 1 heterocycles. The lowest BCUT2D eigenvalue weighted by atomic mass is 11.1. The lowest BCUT2D eigenvalue weighted by molar-refractivity contribution is 1.56. The summed E-state index contributed by atoms with van der Waals surface area (Å²) in [4.78, 5) is 0. The molecule has 1 aliphatic rings. The van der Waals surface area contributed by atoms with Crippen LogP contribution in [0.4, 0.5) is 0 Å². The predicted molar refractivity (Wildman–Crippen MR) is 23.3 cm³/mol. The molecule has 0 amide bonds. The minimum absolute atomic E-state index is 0.645. The van der Waals surface area contributed by atoms with Crippen LogP contribution in [0.3, 0.4) is 0 Å². The molecule has 0 radical (unpaired) electrons. The molecule has 0 bridgehead atoms. The van der Waals surface area contributed by atoms with Gasteiger partial charge in [-0.25, -0.2) is 4.74 Å². The Bertz CT molecular complexity index is 95.8. The SMILES string of the molecule is ClC1=CP=N1. The molecule has 0 unspecified atom stereocenters. The quantitative estimate of drug-likeness (QED) is 0.331. The van der Waals surface area contributed by atoms with E-state index in [2.05, 4.69) is 4.74 Å². The summed E-state index contributed by atoms with van der Waals surface area (Å²) in [5.41, 5.74) is 0. The maximum Gasteiger partial charge on any atom is 0.139 e. The molecule has 0 atom stereocenters. The number of halogens is 1. The Morgan fingerprint density at radius 3 is 2.40 bits per heavy atom. The van der Waals surface area contributed by atoms with Gasteiger partial charge in [0.2, 0.25) is 0 Å². The summed E-state index contributed by atoms with van der Waals surface area (Å²) < 4.78 is 3.67. The molecule has 0 saturated carbocycles. The van der Waals surface area contributed by atoms with Crippen molar-refractivity contribution in [2.45, 2.75) is 0 Å². The van der Waals surface area contributed by atoms with Crippen LogP contribution in [0.1, 0.15) is 0 Å². The third-order valence-electron chi connectivity index (χ3n) is 0.318. The smallest absolute Gasteiger partial charge is 0.139 e. The zero-order chi connectivity index (χ0) is 3.70. The van der Waals surface area contributed by atoms with E-state index in [1.165, 1.54) is 0 Å². The van der Waals surface area contributed by atoms with Crippen LogP contribution < -0.4 is 0 Å². The van der Waals surface area contributed by atoms with Crippen LogP contribution in [0.25, 0.3) is 0 Å². The average Bonchev–Trinajstić information content (AvgIpc) is 1.30. The molecule has 3 heteroatoms. The summed E-state index contributed by atoms with van der Waals surface area (Å²) >= 11 is 5.24. The van der Waals surface area contributed by atoms with Gasteiger partial charge in [0, 0.05) is 14.2 Å². The zero-order valence-corrected chi connectivity index (χ0v) is 4.00. The molecule has 0 N–H and O–H groups in total. The summed E-state index contributed by atoms with van der Waals surface area (Å²) in [5, 5.41) is 0.645. The number of rotatable bonds is 0. The number of hydrogen-bond acceptors (Lipinski definition) is 1. The van der Waals surface area contributed by atoms with Gasteiger partial charge >= 0.3 is 0 Å². The van der Waals surface area contributed by atoms with E-state index in [-0.39, 0.29) is 0 Å². The Morgan fingerprint density at radius 1 is 2.00 bits per heavy atom. The van der Waals surface area contributed by atoms with Crippen LogP contribution in [-0.4, -0.2) is 0 Å². The molecule has 0 saturated heterocycles. The second-order valence-corrected chi connectivity index (χ2v) is 1.74. The van der Waals surface area contributed by atoms with Gasteiger partial charge in [-0.2, -0.15) is 0 Å². The van der Waals surface area contributed by atoms with Crippen molar-refractivity contribution >= 4 is 20.0 Å². The summed E-state index contributed by atoms with van der Waals surface area (Å²) in [6.07, 6.45) is 0. The van der Waals surface area contributed by atoms with E-state index in [4.69, 9.17) is 11.6 Å². The molecule has 1 rings (SSSR count). The summed E-state index contributed by atoms with van der Waals surface area (Å²) in [5.74, 6) is 1.83. The van der Waals surface area contributed by atoms with Crippen molar-refractivity contribution in [2.24, 2.45) is 4.74 Å². The van der Waals surface area contributed by atoms with E-state index >= 15 is 0 Å². The van der Waals surface area contributed by atoms with Gasteiger partial charge in [-0.3, -0.25) is 0 Å². The first-order valence-corrected chi connectivity index (χ1v) is 2.45. The molecule has 0 aromatic carbocycles. The molecule has 1 nitrogen and oxygen atoms in total. The molecule has 0 spiro atoms. The molecule has 1 aliphatic heterocycles. The van der Waals surface area contributed by atoms with Gasteiger partial charge in [0.1, 0.15) is 5.16 Å². The summed E-state index contributed by atoms with van der Waals surface area (Å²) in [6.45, 7) is 0. The third kappa shape index (κ3) is 0.499. The molecule has 26 valence electrons. The summed E-state index contributed by atoms with van der Waals surface area (Å²) in [7, 11) is 1.00. The van der Waals surface area contributed by atoms with Crippen LogP contribution in [-0.2, 0) is 0 Å². The highest BCUT2D eigenvalue weighted by Crippen LogP contribution is 2.24. The second-order valence-electron chi connectivity index (χ2n) is 0.667. The first kappa shape index (κ1) is 3.32. The highest BCUT2D eigenvalue weighted by molar-refractivity contribution is 7.32. The number of nitrogens with zero attached hydrogens (tertiary/aromatic N) is 1. The van der Waals surface area contributed by atoms with Crippen molar-refractivity contribution in [3.05, 3.63) is 11.0 Å². The molecule has 0 aliphatic carbocycles. The molecule has 0 aromatic heterocycles. The van der Waals surface area contributed by atoms with Crippen LogP contribution in [0.5, 0.6) is 0 Å². The van der Waals surface area contributed by atoms with E-state index in [1.54, 1.807) is 0 Å². The standard InChI is InChI=1S/C2HClNP/c3-2-1-5-4-2/h1H. The van der Waals surface area contributed by atoms with E-state index in [0.717, 1.165) is 8.37 Å². The fourth-order valence-corrected chi connectivity index (χ4v) is 0.566. The summed E-state index contributed by atoms with van der Waals surface area (Å²) in [6, 6.07) is 0. The second kappa shape index (κ2) is 1.08. The van der Waals surface area contributed by atoms with Gasteiger partial charge in [0.05, 0.1) is 0 Å². The van der Waals surface area contributed by atoms with Gasteiger partial charge in [-0.05, 0) is 0 Å². The normalized spacial score (nSPS) is 20.6. The first-order valence-electron chi connectivity index (χ1n) is 1.16. The Morgan fingerprint density at radius 2 is 2.40 bits per heavy atom. The topological polar surface area (TPSA) is 12.4 Å². The fraction of sp³-hybridized carbons (Fsp3) is 0. The van der Waals surface area contributed by atoms with E-state index < -0.39 is 0 Å². The Kier molecular flexibility index (Phi) is 0.716. The number of hydrogen-bond donors (Lipinski definition) is 0. The van der Waals surface area contributed by atoms with Gasteiger partial charge in [-0.1, -0.05) is 11.6 Å². The average molecular weight is 105 g/mol. The molecular formula is C2HClNP. The lowest BCUT2D eigenvalue weighted by Gasteiger charge is -1.87. The minimum atomic E-state index is 0.645. The molecule has 0 aromatic rings. The maximum absolute atomic E-state index is 5.24. The van der Waals surface area contributed by atoms with E-state index in [1.807, 2.05) is 5.82 Å². The van der Waals surface area contributed by atoms with Crippen molar-refractivity contribution in [3.8, 4) is 0 Å². The highest BCUT2D eigenvalue weighted by atomic mass is 35.5. The van der Waals surface area contributed by atoms with Crippen molar-refractivity contribution in [1.82, 2.24) is 0 Å². The van der Waals surface area contributed by atoms with Crippen LogP contribution in [0.2, 0.25) is 0 Å². The molecule has 5 heavy (non-hydrogen) atoms. The van der Waals surface area contributed by atoms with Gasteiger partial charge < -0.3 is 0 Å². The van der Waals surface area contributed by atoms with Crippen LogP contribution >= 0.6 is 20.0 Å². The Hall–Kier alpha value is 0.130. The minimum Gasteiger partial charge on any atom is -0.215 e. The fourth-order valence-electron chi connectivity index (χ4n) is 0.101. The van der Waals surface area contributed by atoms with Crippen LogP contribution in [0, 0.1) is 0 Å². The lowest BCUT2D eigenvalue weighted by Crippen LogP contribution is -1.57. The largest absolute Gasteiger partial charge is 0.215 e. The van der Waals surface area contributed by atoms with Crippen molar-refractivity contribution in [3.63, 3.8) is 0 Å². The highest BCUT2D eigenvalue weighted by Gasteiger charge is 1.88. The van der Waals surface area contributed by atoms with Gasteiger partial charge in [-0.15, -0.1) is 0 Å². The Balaban J connectivity index is 2.60. The first-order chi connectivity index (χ1) is 2.39. The predicted octanol–water partition coefficient (Wildman–Crippen LogP) is 2.17. The molecule has 0 fully saturated rings. The van der Waals surface area contributed by atoms with Crippen molar-refractivity contribution in [2.75, 3.05) is 0 Å². The monoisotopic (exact) mass is 105 g/mol. The van der Waals surface area contributed by atoms with E-state index in [0.29, 0.717) is 5.16 Å².